The maximum atomic E-state index is 12.5. The Bertz CT molecular complexity index is 514. The van der Waals surface area contributed by atoms with E-state index in [1.807, 2.05) is 4.90 Å². The van der Waals surface area contributed by atoms with Crippen molar-refractivity contribution in [2.45, 2.75) is 58.0 Å². The van der Waals surface area contributed by atoms with Crippen molar-refractivity contribution in [2.24, 2.45) is 0 Å². The number of rotatable bonds is 4. The molecule has 1 fully saturated rings. The van der Waals surface area contributed by atoms with Gasteiger partial charge >= 0.3 is 0 Å². The molecule has 0 radical (unpaired) electrons. The topological polar surface area (TPSA) is 23.6 Å². The summed E-state index contributed by atoms with van der Waals surface area (Å²) in [5.74, 6) is 0.329. The van der Waals surface area contributed by atoms with Gasteiger partial charge in [0.25, 0.3) is 0 Å². The molecule has 1 saturated heterocycles. The van der Waals surface area contributed by atoms with Crippen LogP contribution in [-0.2, 0) is 17.8 Å². The fourth-order valence-electron chi connectivity index (χ4n) is 3.92. The first-order valence-electron chi connectivity index (χ1n) is 8.86. The first-order valence-corrected chi connectivity index (χ1v) is 8.86. The van der Waals surface area contributed by atoms with Crippen LogP contribution in [0, 0.1) is 0 Å². The molecule has 0 spiro atoms. The van der Waals surface area contributed by atoms with Crippen molar-refractivity contribution >= 4 is 5.91 Å². The number of likely N-dealkylation sites (tertiary alicyclic amines) is 1. The lowest BCUT2D eigenvalue weighted by Crippen LogP contribution is -2.42. The number of hydrogen-bond donors (Lipinski definition) is 0. The van der Waals surface area contributed by atoms with Crippen molar-refractivity contribution in [2.75, 3.05) is 19.6 Å². The first-order chi connectivity index (χ1) is 10.8. The first kappa shape index (κ1) is 15.5. The number of nitrogens with zero attached hydrogens (tertiary/aromatic N) is 2. The molecule has 0 aromatic heterocycles. The number of fused-ring (bicyclic) bond motifs is 1. The fraction of sp³-hybridized carbons (Fsp3) is 0.632. The van der Waals surface area contributed by atoms with Crippen LogP contribution in [-0.4, -0.2) is 41.4 Å². The van der Waals surface area contributed by atoms with E-state index in [-0.39, 0.29) is 0 Å². The third-order valence-electron chi connectivity index (χ3n) is 5.32. The predicted octanol–water partition coefficient (Wildman–Crippen LogP) is 3.23. The van der Waals surface area contributed by atoms with E-state index in [1.165, 1.54) is 43.4 Å². The van der Waals surface area contributed by atoms with Crippen LogP contribution in [0.1, 0.15) is 50.2 Å². The van der Waals surface area contributed by atoms with E-state index >= 15 is 0 Å². The highest BCUT2D eigenvalue weighted by Gasteiger charge is 2.24. The van der Waals surface area contributed by atoms with E-state index in [2.05, 4.69) is 36.1 Å². The third-order valence-corrected chi connectivity index (χ3v) is 5.32. The van der Waals surface area contributed by atoms with Gasteiger partial charge in [0.15, 0.2) is 0 Å². The minimum atomic E-state index is 0.329. The Kier molecular flexibility index (Phi) is 5.14. The molecule has 120 valence electrons. The van der Waals surface area contributed by atoms with Gasteiger partial charge in [-0.1, -0.05) is 37.6 Å². The molecular weight excluding hydrogens is 272 g/mol. The van der Waals surface area contributed by atoms with E-state index in [9.17, 15) is 4.79 Å². The van der Waals surface area contributed by atoms with Gasteiger partial charge in [-0.3, -0.25) is 9.69 Å². The summed E-state index contributed by atoms with van der Waals surface area (Å²) in [5, 5.41) is 0. The molecule has 3 rings (SSSR count). The molecule has 3 heteroatoms. The Hall–Kier alpha value is -1.35. The number of benzene rings is 1. The monoisotopic (exact) mass is 300 g/mol. The highest BCUT2D eigenvalue weighted by molar-refractivity contribution is 5.76. The molecular formula is C19H28N2O. The molecule has 1 amide bonds. The Balaban J connectivity index is 1.52. The number of carbonyl (C=O) groups excluding carboxylic acids is 1. The van der Waals surface area contributed by atoms with Gasteiger partial charge in [0.2, 0.25) is 5.91 Å². The van der Waals surface area contributed by atoms with Crippen LogP contribution in [0.4, 0.5) is 0 Å². The Morgan fingerprint density at radius 3 is 2.82 bits per heavy atom. The SMILES string of the molecule is CCC1CCCCN1CCC(=O)N1CCc2ccccc2C1. The van der Waals surface area contributed by atoms with Gasteiger partial charge < -0.3 is 4.90 Å². The molecule has 22 heavy (non-hydrogen) atoms. The van der Waals surface area contributed by atoms with Crippen molar-refractivity contribution in [3.63, 3.8) is 0 Å². The van der Waals surface area contributed by atoms with Crippen molar-refractivity contribution in [1.29, 1.82) is 0 Å². The van der Waals surface area contributed by atoms with Crippen molar-refractivity contribution in [3.8, 4) is 0 Å². The van der Waals surface area contributed by atoms with Crippen LogP contribution in [0.5, 0.6) is 0 Å². The summed E-state index contributed by atoms with van der Waals surface area (Å²) in [5.41, 5.74) is 2.74. The third kappa shape index (κ3) is 3.52. The largest absolute Gasteiger partial charge is 0.338 e. The number of piperidine rings is 1. The van der Waals surface area contributed by atoms with Gasteiger partial charge in [0.1, 0.15) is 0 Å². The predicted molar refractivity (Wildman–Crippen MR) is 89.7 cm³/mol. The van der Waals surface area contributed by atoms with Crippen LogP contribution in [0.2, 0.25) is 0 Å². The van der Waals surface area contributed by atoms with Gasteiger partial charge in [-0.2, -0.15) is 0 Å². The molecule has 0 saturated carbocycles. The molecule has 0 bridgehead atoms. The molecule has 1 aromatic rings. The number of carbonyl (C=O) groups is 1. The van der Waals surface area contributed by atoms with Crippen molar-refractivity contribution in [3.05, 3.63) is 35.4 Å². The van der Waals surface area contributed by atoms with Crippen molar-refractivity contribution < 1.29 is 4.79 Å². The Morgan fingerprint density at radius 2 is 2.00 bits per heavy atom. The molecule has 0 aliphatic carbocycles. The molecule has 2 aliphatic heterocycles. The molecule has 1 atom stereocenters. The smallest absolute Gasteiger partial charge is 0.224 e. The summed E-state index contributed by atoms with van der Waals surface area (Å²) in [4.78, 5) is 17.1. The van der Waals surface area contributed by atoms with Crippen molar-refractivity contribution in [1.82, 2.24) is 9.80 Å². The summed E-state index contributed by atoms with van der Waals surface area (Å²) in [6.07, 6.45) is 6.85. The lowest BCUT2D eigenvalue weighted by Gasteiger charge is -2.36. The fourth-order valence-corrected chi connectivity index (χ4v) is 3.92. The maximum Gasteiger partial charge on any atom is 0.224 e. The minimum Gasteiger partial charge on any atom is -0.338 e. The minimum absolute atomic E-state index is 0.329. The van der Waals surface area contributed by atoms with Crippen LogP contribution in [0.15, 0.2) is 24.3 Å². The zero-order chi connectivity index (χ0) is 15.4. The molecule has 0 N–H and O–H groups in total. The highest BCUT2D eigenvalue weighted by Crippen LogP contribution is 2.21. The molecule has 2 heterocycles. The number of hydrogen-bond acceptors (Lipinski definition) is 2. The molecule has 1 aromatic carbocycles. The van der Waals surface area contributed by atoms with E-state index in [0.717, 1.165) is 26.1 Å². The van der Waals surface area contributed by atoms with Gasteiger partial charge in [0, 0.05) is 32.1 Å². The summed E-state index contributed by atoms with van der Waals surface area (Å²) in [6, 6.07) is 9.22. The van der Waals surface area contributed by atoms with Gasteiger partial charge in [-0.05, 0) is 43.4 Å². The van der Waals surface area contributed by atoms with Crippen LogP contribution in [0.25, 0.3) is 0 Å². The summed E-state index contributed by atoms with van der Waals surface area (Å²) in [6.45, 7) is 6.07. The average molecular weight is 300 g/mol. The number of amides is 1. The van der Waals surface area contributed by atoms with Crippen LogP contribution >= 0.6 is 0 Å². The maximum absolute atomic E-state index is 12.5. The van der Waals surface area contributed by atoms with Crippen LogP contribution < -0.4 is 0 Å². The summed E-state index contributed by atoms with van der Waals surface area (Å²) < 4.78 is 0. The van der Waals surface area contributed by atoms with Crippen LogP contribution in [0.3, 0.4) is 0 Å². The summed E-state index contributed by atoms with van der Waals surface area (Å²) >= 11 is 0. The lowest BCUT2D eigenvalue weighted by atomic mass is 9.99. The summed E-state index contributed by atoms with van der Waals surface area (Å²) in [7, 11) is 0. The molecule has 1 unspecified atom stereocenters. The van der Waals surface area contributed by atoms with E-state index in [1.54, 1.807) is 0 Å². The standard InChI is InChI=1S/C19H28N2O/c1-2-18-9-5-6-12-20(18)14-11-19(22)21-13-10-16-7-3-4-8-17(16)15-21/h3-4,7-8,18H,2,5-6,9-15H2,1H3. The average Bonchev–Trinajstić information content (AvgIpc) is 2.59. The van der Waals surface area contributed by atoms with E-state index < -0.39 is 0 Å². The zero-order valence-corrected chi connectivity index (χ0v) is 13.8. The highest BCUT2D eigenvalue weighted by atomic mass is 16.2. The molecule has 2 aliphatic rings. The van der Waals surface area contributed by atoms with E-state index in [4.69, 9.17) is 0 Å². The second-order valence-corrected chi connectivity index (χ2v) is 6.68. The second kappa shape index (κ2) is 7.28. The quantitative estimate of drug-likeness (QED) is 0.852. The van der Waals surface area contributed by atoms with Gasteiger partial charge in [-0.25, -0.2) is 0 Å². The second-order valence-electron chi connectivity index (χ2n) is 6.68. The normalized spacial score (nSPS) is 22.4. The molecule has 3 nitrogen and oxygen atoms in total. The van der Waals surface area contributed by atoms with E-state index in [0.29, 0.717) is 18.4 Å². The lowest BCUT2D eigenvalue weighted by molar-refractivity contribution is -0.132. The zero-order valence-electron chi connectivity index (χ0n) is 13.8. The van der Waals surface area contributed by atoms with Gasteiger partial charge in [-0.15, -0.1) is 0 Å². The Labute approximate surface area is 134 Å². The van der Waals surface area contributed by atoms with Gasteiger partial charge in [0.05, 0.1) is 0 Å². The Morgan fingerprint density at radius 1 is 1.18 bits per heavy atom.